The Hall–Kier alpha value is -3.09. The molecule has 1 N–H and O–H groups in total. The number of hydrogen-bond donors (Lipinski definition) is 1. The third kappa shape index (κ3) is 4.75. The summed E-state index contributed by atoms with van der Waals surface area (Å²) in [6, 6.07) is 13.2. The Bertz CT molecular complexity index is 802. The Morgan fingerprint density at radius 2 is 1.78 bits per heavy atom. The monoisotopic (exact) mass is 371 g/mol. The lowest BCUT2D eigenvalue weighted by molar-refractivity contribution is -0.130. The van der Waals surface area contributed by atoms with E-state index in [0.29, 0.717) is 13.1 Å². The molecule has 1 saturated heterocycles. The Kier molecular flexibility index (Phi) is 5.90. The van der Waals surface area contributed by atoms with Gasteiger partial charge in [0.15, 0.2) is 0 Å². The van der Waals surface area contributed by atoms with Crippen molar-refractivity contribution in [3.05, 3.63) is 59.9 Å². The van der Waals surface area contributed by atoms with E-state index in [2.05, 4.69) is 10.2 Å². The maximum absolute atomic E-state index is 13.2. The van der Waals surface area contributed by atoms with E-state index >= 15 is 0 Å². The molecule has 0 spiro atoms. The predicted molar refractivity (Wildman–Crippen MR) is 101 cm³/mol. The van der Waals surface area contributed by atoms with Gasteiger partial charge in [0, 0.05) is 37.4 Å². The standard InChI is InChI=1S/C20H22FN3O3/c1-27-18-7-5-17(6-8-18)23-9-11-24(12-10-23)19(25)14-22-20(26)15-3-2-4-16(21)13-15/h2-8,13H,9-12,14H2,1H3,(H,22,26). The molecular formula is C20H22FN3O3. The average molecular weight is 371 g/mol. The number of ether oxygens (including phenoxy) is 1. The molecule has 0 aliphatic carbocycles. The molecule has 0 saturated carbocycles. The molecule has 27 heavy (non-hydrogen) atoms. The summed E-state index contributed by atoms with van der Waals surface area (Å²) >= 11 is 0. The highest BCUT2D eigenvalue weighted by molar-refractivity contribution is 5.96. The van der Waals surface area contributed by atoms with Crippen LogP contribution in [0.25, 0.3) is 0 Å². The lowest BCUT2D eigenvalue weighted by Crippen LogP contribution is -2.51. The van der Waals surface area contributed by atoms with Crippen molar-refractivity contribution >= 4 is 17.5 Å². The molecule has 0 bridgehead atoms. The van der Waals surface area contributed by atoms with Gasteiger partial charge in [-0.1, -0.05) is 6.07 Å². The molecule has 1 aliphatic heterocycles. The van der Waals surface area contributed by atoms with Gasteiger partial charge in [-0.15, -0.1) is 0 Å². The first-order valence-electron chi connectivity index (χ1n) is 8.77. The Morgan fingerprint density at radius 1 is 1.07 bits per heavy atom. The molecule has 0 radical (unpaired) electrons. The average Bonchev–Trinajstić information content (AvgIpc) is 2.72. The Morgan fingerprint density at radius 3 is 2.41 bits per heavy atom. The number of methoxy groups -OCH3 is 1. The van der Waals surface area contributed by atoms with E-state index in [0.717, 1.165) is 30.6 Å². The number of carbonyl (C=O) groups excluding carboxylic acids is 2. The van der Waals surface area contributed by atoms with E-state index in [9.17, 15) is 14.0 Å². The zero-order valence-electron chi connectivity index (χ0n) is 15.2. The second-order valence-corrected chi connectivity index (χ2v) is 6.26. The van der Waals surface area contributed by atoms with Crippen LogP contribution in [-0.2, 0) is 4.79 Å². The number of anilines is 1. The fourth-order valence-electron chi connectivity index (χ4n) is 3.01. The lowest BCUT2D eigenvalue weighted by atomic mass is 10.2. The predicted octanol–water partition coefficient (Wildman–Crippen LogP) is 1.91. The number of nitrogens with zero attached hydrogens (tertiary/aromatic N) is 2. The summed E-state index contributed by atoms with van der Waals surface area (Å²) in [4.78, 5) is 28.3. The van der Waals surface area contributed by atoms with Crippen molar-refractivity contribution in [2.24, 2.45) is 0 Å². The Balaban J connectivity index is 1.47. The SMILES string of the molecule is COc1ccc(N2CCN(C(=O)CNC(=O)c3cccc(F)c3)CC2)cc1. The molecule has 0 unspecified atom stereocenters. The highest BCUT2D eigenvalue weighted by Gasteiger charge is 2.21. The van der Waals surface area contributed by atoms with Crippen LogP contribution in [0.4, 0.5) is 10.1 Å². The first-order valence-corrected chi connectivity index (χ1v) is 8.77. The van der Waals surface area contributed by atoms with Crippen molar-refractivity contribution in [1.82, 2.24) is 10.2 Å². The summed E-state index contributed by atoms with van der Waals surface area (Å²) in [7, 11) is 1.63. The zero-order valence-corrected chi connectivity index (χ0v) is 15.2. The number of benzene rings is 2. The van der Waals surface area contributed by atoms with Crippen molar-refractivity contribution in [2.45, 2.75) is 0 Å². The van der Waals surface area contributed by atoms with Gasteiger partial charge in [0.05, 0.1) is 13.7 Å². The molecule has 142 valence electrons. The van der Waals surface area contributed by atoms with E-state index in [1.54, 1.807) is 12.0 Å². The zero-order chi connectivity index (χ0) is 19.2. The van der Waals surface area contributed by atoms with Crippen LogP contribution in [0.2, 0.25) is 0 Å². The van der Waals surface area contributed by atoms with E-state index in [1.807, 2.05) is 24.3 Å². The number of hydrogen-bond acceptors (Lipinski definition) is 4. The third-order valence-electron chi connectivity index (χ3n) is 4.56. The van der Waals surface area contributed by atoms with E-state index in [-0.39, 0.29) is 18.0 Å². The highest BCUT2D eigenvalue weighted by atomic mass is 19.1. The largest absolute Gasteiger partial charge is 0.497 e. The molecule has 1 aliphatic rings. The van der Waals surface area contributed by atoms with Crippen molar-refractivity contribution < 1.29 is 18.7 Å². The van der Waals surface area contributed by atoms with E-state index < -0.39 is 11.7 Å². The lowest BCUT2D eigenvalue weighted by Gasteiger charge is -2.36. The van der Waals surface area contributed by atoms with Crippen LogP contribution in [0, 0.1) is 5.82 Å². The molecular weight excluding hydrogens is 349 g/mol. The van der Waals surface area contributed by atoms with Gasteiger partial charge in [-0.2, -0.15) is 0 Å². The minimum atomic E-state index is -0.483. The van der Waals surface area contributed by atoms with Crippen LogP contribution in [0.1, 0.15) is 10.4 Å². The minimum Gasteiger partial charge on any atom is -0.497 e. The third-order valence-corrected chi connectivity index (χ3v) is 4.56. The van der Waals surface area contributed by atoms with Crippen molar-refractivity contribution in [1.29, 1.82) is 0 Å². The van der Waals surface area contributed by atoms with Crippen LogP contribution >= 0.6 is 0 Å². The fraction of sp³-hybridized carbons (Fsp3) is 0.300. The van der Waals surface area contributed by atoms with Gasteiger partial charge in [0.25, 0.3) is 5.91 Å². The molecule has 2 aromatic rings. The molecule has 1 fully saturated rings. The van der Waals surface area contributed by atoms with E-state index in [1.165, 1.54) is 18.2 Å². The van der Waals surface area contributed by atoms with E-state index in [4.69, 9.17) is 4.74 Å². The van der Waals surface area contributed by atoms with Gasteiger partial charge < -0.3 is 19.9 Å². The van der Waals surface area contributed by atoms with Crippen LogP contribution in [0.5, 0.6) is 5.75 Å². The van der Waals surface area contributed by atoms with Gasteiger partial charge >= 0.3 is 0 Å². The van der Waals surface area contributed by atoms with Crippen LogP contribution in [-0.4, -0.2) is 56.5 Å². The van der Waals surface area contributed by atoms with Gasteiger partial charge in [0.1, 0.15) is 11.6 Å². The molecule has 6 nitrogen and oxygen atoms in total. The molecule has 0 atom stereocenters. The maximum atomic E-state index is 13.2. The summed E-state index contributed by atoms with van der Waals surface area (Å²) in [6.07, 6.45) is 0. The Labute approximate surface area is 157 Å². The van der Waals surface area contributed by atoms with Gasteiger partial charge in [0.2, 0.25) is 5.91 Å². The number of piperazine rings is 1. The normalized spacial score (nSPS) is 14.0. The second kappa shape index (κ2) is 8.53. The van der Waals surface area contributed by atoms with Crippen molar-refractivity contribution in [3.63, 3.8) is 0 Å². The molecule has 2 amide bonds. The van der Waals surface area contributed by atoms with Gasteiger partial charge in [-0.25, -0.2) is 4.39 Å². The first-order chi connectivity index (χ1) is 13.1. The minimum absolute atomic E-state index is 0.0993. The highest BCUT2D eigenvalue weighted by Crippen LogP contribution is 2.20. The number of rotatable bonds is 5. The molecule has 2 aromatic carbocycles. The summed E-state index contributed by atoms with van der Waals surface area (Å²) < 4.78 is 18.3. The molecule has 3 rings (SSSR count). The summed E-state index contributed by atoms with van der Waals surface area (Å²) in [5.74, 6) is -0.279. The molecule has 0 aromatic heterocycles. The topological polar surface area (TPSA) is 61.9 Å². The first kappa shape index (κ1) is 18.7. The van der Waals surface area contributed by atoms with Gasteiger partial charge in [-0.05, 0) is 42.5 Å². The summed E-state index contributed by atoms with van der Waals surface area (Å²) in [5, 5.41) is 2.55. The fourth-order valence-corrected chi connectivity index (χ4v) is 3.01. The quantitative estimate of drug-likeness (QED) is 0.872. The summed E-state index contributed by atoms with van der Waals surface area (Å²) in [6.45, 7) is 2.51. The van der Waals surface area contributed by atoms with Crippen LogP contribution < -0.4 is 15.0 Å². The molecule has 7 heteroatoms. The van der Waals surface area contributed by atoms with Gasteiger partial charge in [-0.3, -0.25) is 9.59 Å². The summed E-state index contributed by atoms with van der Waals surface area (Å²) in [5.41, 5.74) is 1.29. The number of carbonyl (C=O) groups is 2. The second-order valence-electron chi connectivity index (χ2n) is 6.26. The number of nitrogens with one attached hydrogen (secondary N) is 1. The van der Waals surface area contributed by atoms with Crippen LogP contribution in [0.15, 0.2) is 48.5 Å². The van der Waals surface area contributed by atoms with Crippen molar-refractivity contribution in [2.75, 3.05) is 44.7 Å². The van der Waals surface area contributed by atoms with Crippen molar-refractivity contribution in [3.8, 4) is 5.75 Å². The molecule has 1 heterocycles. The van der Waals surface area contributed by atoms with Crippen LogP contribution in [0.3, 0.4) is 0 Å². The number of amides is 2. The number of halogens is 1. The maximum Gasteiger partial charge on any atom is 0.251 e. The smallest absolute Gasteiger partial charge is 0.251 e.